The van der Waals surface area contributed by atoms with Crippen molar-refractivity contribution in [2.75, 3.05) is 28.6 Å². The largest absolute Gasteiger partial charge is 0.416 e. The Balaban J connectivity index is 1.68. The number of amides is 2. The van der Waals surface area contributed by atoms with Gasteiger partial charge in [-0.1, -0.05) is 19.1 Å². The molecule has 0 saturated carbocycles. The van der Waals surface area contributed by atoms with Gasteiger partial charge in [-0.05, 0) is 36.3 Å². The molecule has 2 aromatic rings. The molecule has 0 aromatic heterocycles. The number of fused-ring (bicyclic) bond motifs is 2. The number of carbonyl (C=O) groups excluding carboxylic acids is 2. The number of anilines is 3. The van der Waals surface area contributed by atoms with E-state index in [-0.39, 0.29) is 24.2 Å². The van der Waals surface area contributed by atoms with Crippen LogP contribution in [0.1, 0.15) is 36.5 Å². The Bertz CT molecular complexity index is 1230. The van der Waals surface area contributed by atoms with Gasteiger partial charge in [-0.2, -0.15) is 22.0 Å². The van der Waals surface area contributed by atoms with Crippen LogP contribution in [-0.2, 0) is 22.2 Å². The first kappa shape index (κ1) is 25.6. The van der Waals surface area contributed by atoms with Crippen LogP contribution >= 0.6 is 0 Å². The SMILES string of the molecule is CCC(F)(F)C(=O)N1CC/C(=C\C(=O)Nc2cccc3c2CC(O)CN3)c2ccc(C(F)(F)F)cc21. The van der Waals surface area contributed by atoms with E-state index >= 15 is 0 Å². The topological polar surface area (TPSA) is 81.7 Å². The first-order valence-corrected chi connectivity index (χ1v) is 11.4. The molecule has 2 aliphatic rings. The van der Waals surface area contributed by atoms with Crippen LogP contribution in [0.4, 0.5) is 39.0 Å². The van der Waals surface area contributed by atoms with Gasteiger partial charge in [0.25, 0.3) is 5.91 Å². The molecule has 3 N–H and O–H groups in total. The summed E-state index contributed by atoms with van der Waals surface area (Å²) in [5.41, 5.74) is 0.924. The van der Waals surface area contributed by atoms with Crippen molar-refractivity contribution in [3.05, 3.63) is 59.2 Å². The maximum absolute atomic E-state index is 14.2. The molecule has 11 heteroatoms. The van der Waals surface area contributed by atoms with E-state index in [1.807, 2.05) is 6.07 Å². The van der Waals surface area contributed by atoms with Crippen LogP contribution in [-0.4, -0.2) is 42.0 Å². The summed E-state index contributed by atoms with van der Waals surface area (Å²) in [6, 6.07) is 7.72. The van der Waals surface area contributed by atoms with Crippen LogP contribution in [0.5, 0.6) is 0 Å². The molecule has 0 fully saturated rings. The predicted molar refractivity (Wildman–Crippen MR) is 125 cm³/mol. The monoisotopic (exact) mass is 509 g/mol. The summed E-state index contributed by atoms with van der Waals surface area (Å²) >= 11 is 0. The van der Waals surface area contributed by atoms with Crippen molar-refractivity contribution in [1.29, 1.82) is 0 Å². The quantitative estimate of drug-likeness (QED) is 0.407. The standard InChI is InChI=1S/C25H24F5N3O3/c1-2-24(26,27)23(36)33-9-8-14(17-7-6-15(11-21(17)33)25(28,29)30)10-22(35)32-20-5-3-4-19-18(20)12-16(34)13-31-19/h3-7,10-11,16,31,34H,2,8-9,12-13H2,1H3,(H,32,35)/b14-10+. The van der Waals surface area contributed by atoms with E-state index in [1.165, 1.54) is 6.08 Å². The number of nitrogens with zero attached hydrogens (tertiary/aromatic N) is 1. The molecule has 4 rings (SSSR count). The van der Waals surface area contributed by atoms with Crippen molar-refractivity contribution >= 4 is 34.4 Å². The maximum Gasteiger partial charge on any atom is 0.416 e. The Morgan fingerprint density at radius 3 is 2.64 bits per heavy atom. The Morgan fingerprint density at radius 1 is 1.19 bits per heavy atom. The van der Waals surface area contributed by atoms with E-state index in [2.05, 4.69) is 10.6 Å². The highest BCUT2D eigenvalue weighted by molar-refractivity contribution is 6.08. The second-order valence-electron chi connectivity index (χ2n) is 8.72. The molecule has 0 radical (unpaired) electrons. The molecule has 0 saturated heterocycles. The summed E-state index contributed by atoms with van der Waals surface area (Å²) in [4.78, 5) is 26.0. The van der Waals surface area contributed by atoms with Crippen LogP contribution in [0.25, 0.3) is 5.57 Å². The van der Waals surface area contributed by atoms with Gasteiger partial charge >= 0.3 is 12.1 Å². The molecule has 2 amide bonds. The highest BCUT2D eigenvalue weighted by Crippen LogP contribution is 2.41. The highest BCUT2D eigenvalue weighted by Gasteiger charge is 2.43. The number of nitrogens with one attached hydrogen (secondary N) is 2. The predicted octanol–water partition coefficient (Wildman–Crippen LogP) is 4.84. The van der Waals surface area contributed by atoms with Crippen molar-refractivity contribution in [3.8, 4) is 0 Å². The zero-order valence-electron chi connectivity index (χ0n) is 19.3. The highest BCUT2D eigenvalue weighted by atomic mass is 19.4. The zero-order valence-corrected chi connectivity index (χ0v) is 19.3. The summed E-state index contributed by atoms with van der Waals surface area (Å²) in [5.74, 6) is -5.91. The smallest absolute Gasteiger partial charge is 0.391 e. The number of alkyl halides is 5. The number of rotatable bonds is 4. The minimum Gasteiger partial charge on any atom is -0.391 e. The van der Waals surface area contributed by atoms with Gasteiger partial charge in [0, 0.05) is 54.5 Å². The average molecular weight is 509 g/mol. The van der Waals surface area contributed by atoms with Crippen LogP contribution in [0.15, 0.2) is 42.5 Å². The molecule has 0 aliphatic carbocycles. The first-order chi connectivity index (χ1) is 16.9. The lowest BCUT2D eigenvalue weighted by atomic mass is 9.93. The van der Waals surface area contributed by atoms with E-state index in [4.69, 9.17) is 0 Å². The van der Waals surface area contributed by atoms with E-state index in [1.54, 1.807) is 12.1 Å². The molecule has 2 heterocycles. The summed E-state index contributed by atoms with van der Waals surface area (Å²) in [6.45, 7) is 1.18. The molecule has 2 aliphatic heterocycles. The van der Waals surface area contributed by atoms with Gasteiger partial charge in [-0.15, -0.1) is 0 Å². The third-order valence-electron chi connectivity index (χ3n) is 6.28. The second kappa shape index (κ2) is 9.53. The van der Waals surface area contributed by atoms with E-state index in [0.717, 1.165) is 24.7 Å². The van der Waals surface area contributed by atoms with Crippen molar-refractivity contribution < 1.29 is 36.6 Å². The third kappa shape index (κ3) is 5.06. The average Bonchev–Trinajstić information content (AvgIpc) is 2.83. The lowest BCUT2D eigenvalue weighted by Crippen LogP contribution is -2.45. The van der Waals surface area contributed by atoms with Crippen molar-refractivity contribution in [2.24, 2.45) is 0 Å². The van der Waals surface area contributed by atoms with Gasteiger partial charge < -0.3 is 20.6 Å². The Morgan fingerprint density at radius 2 is 1.94 bits per heavy atom. The van der Waals surface area contributed by atoms with Crippen LogP contribution < -0.4 is 15.5 Å². The Hall–Kier alpha value is -3.47. The van der Waals surface area contributed by atoms with Crippen molar-refractivity contribution in [2.45, 2.75) is 44.4 Å². The minimum atomic E-state index is -4.75. The van der Waals surface area contributed by atoms with Gasteiger partial charge in [0.05, 0.1) is 17.4 Å². The van der Waals surface area contributed by atoms with Gasteiger partial charge in [0.2, 0.25) is 5.91 Å². The summed E-state index contributed by atoms with van der Waals surface area (Å²) in [5, 5.41) is 15.7. The molecule has 0 spiro atoms. The second-order valence-corrected chi connectivity index (χ2v) is 8.72. The number of β-amino-alcohol motifs (C(OH)–C–C–N with tert-alkyl or cyclic N) is 1. The Labute approximate surface area is 203 Å². The molecule has 192 valence electrons. The minimum absolute atomic E-state index is 0.00944. The van der Waals surface area contributed by atoms with Crippen LogP contribution in [0.3, 0.4) is 0 Å². The molecular formula is C25H24F5N3O3. The molecule has 2 aromatic carbocycles. The number of aliphatic hydroxyl groups is 1. The zero-order chi connectivity index (χ0) is 26.3. The maximum atomic E-state index is 14.2. The summed E-state index contributed by atoms with van der Waals surface area (Å²) in [6.07, 6.45) is -4.68. The van der Waals surface area contributed by atoms with Crippen LogP contribution in [0, 0.1) is 0 Å². The molecule has 36 heavy (non-hydrogen) atoms. The van der Waals surface area contributed by atoms with Gasteiger partial charge in [0.15, 0.2) is 0 Å². The van der Waals surface area contributed by atoms with Crippen molar-refractivity contribution in [3.63, 3.8) is 0 Å². The van der Waals surface area contributed by atoms with Crippen molar-refractivity contribution in [1.82, 2.24) is 0 Å². The fourth-order valence-electron chi connectivity index (χ4n) is 4.35. The lowest BCUT2D eigenvalue weighted by molar-refractivity contribution is -0.143. The molecule has 1 unspecified atom stereocenters. The first-order valence-electron chi connectivity index (χ1n) is 11.4. The number of hydrogen-bond donors (Lipinski definition) is 3. The number of benzene rings is 2. The Kier molecular flexibility index (Phi) is 6.78. The summed E-state index contributed by atoms with van der Waals surface area (Å²) in [7, 11) is 0. The molecule has 1 atom stereocenters. The lowest BCUT2D eigenvalue weighted by Gasteiger charge is -2.33. The van der Waals surface area contributed by atoms with Gasteiger partial charge in [-0.25, -0.2) is 0 Å². The molecular weight excluding hydrogens is 485 g/mol. The number of hydrogen-bond acceptors (Lipinski definition) is 4. The molecule has 0 bridgehead atoms. The van der Waals surface area contributed by atoms with Gasteiger partial charge in [0.1, 0.15) is 0 Å². The summed E-state index contributed by atoms with van der Waals surface area (Å²) < 4.78 is 68.4. The third-order valence-corrected chi connectivity index (χ3v) is 6.28. The van der Waals surface area contributed by atoms with Gasteiger partial charge in [-0.3, -0.25) is 9.59 Å². The van der Waals surface area contributed by atoms with E-state index in [0.29, 0.717) is 40.8 Å². The van der Waals surface area contributed by atoms with E-state index in [9.17, 15) is 36.6 Å². The molecule has 6 nitrogen and oxygen atoms in total. The number of carbonyl (C=O) groups is 2. The fraction of sp³-hybridized carbons (Fsp3) is 0.360. The van der Waals surface area contributed by atoms with Crippen LogP contribution in [0.2, 0.25) is 0 Å². The normalized spacial score (nSPS) is 18.8. The fourth-order valence-corrected chi connectivity index (χ4v) is 4.35. The number of aliphatic hydroxyl groups excluding tert-OH is 1. The van der Waals surface area contributed by atoms with E-state index < -0.39 is 42.0 Å². The number of halogens is 5.